The van der Waals surface area contributed by atoms with Gasteiger partial charge in [-0.25, -0.2) is 9.79 Å². The smallest absolute Gasteiger partial charge is 0.363 e. The molecule has 2 heterocycles. The number of nitro groups is 1. The number of cyclic esters (lactones) is 1. The maximum atomic E-state index is 11.7. The average Bonchev–Trinajstić information content (AvgIpc) is 3.16. The average molecular weight is 310 g/mol. The van der Waals surface area contributed by atoms with Crippen molar-refractivity contribution in [1.82, 2.24) is 0 Å². The third-order valence-electron chi connectivity index (χ3n) is 2.98. The number of rotatable bonds is 4. The number of benzene rings is 1. The van der Waals surface area contributed by atoms with E-state index in [0.717, 1.165) is 5.56 Å². The van der Waals surface area contributed by atoms with Crippen LogP contribution >= 0.6 is 0 Å². The van der Waals surface area contributed by atoms with Crippen LogP contribution in [0.4, 0.5) is 5.69 Å². The Hall–Kier alpha value is -3.48. The normalized spacial score (nSPS) is 15.9. The summed E-state index contributed by atoms with van der Waals surface area (Å²) in [6.07, 6.45) is 6.13. The molecule has 0 spiro atoms. The molecule has 0 N–H and O–H groups in total. The molecule has 0 radical (unpaired) electrons. The fourth-order valence-electron chi connectivity index (χ4n) is 1.88. The molecule has 1 aliphatic heterocycles. The van der Waals surface area contributed by atoms with Crippen molar-refractivity contribution in [2.45, 2.75) is 0 Å². The fourth-order valence-corrected chi connectivity index (χ4v) is 1.88. The molecule has 0 unspecified atom stereocenters. The molecule has 1 aliphatic rings. The number of carbonyl (C=O) groups excluding carboxylic acids is 1. The maximum Gasteiger partial charge on any atom is 0.363 e. The second kappa shape index (κ2) is 6.10. The molecule has 0 fully saturated rings. The largest absolute Gasteiger partial charge is 0.465 e. The second-order valence-corrected chi connectivity index (χ2v) is 4.57. The molecule has 0 amide bonds. The highest BCUT2D eigenvalue weighted by molar-refractivity contribution is 6.11. The van der Waals surface area contributed by atoms with Crippen LogP contribution in [-0.2, 0) is 9.53 Å². The number of nitrogens with zero attached hydrogens (tertiary/aromatic N) is 2. The van der Waals surface area contributed by atoms with E-state index in [1.807, 2.05) is 0 Å². The highest BCUT2D eigenvalue weighted by atomic mass is 16.6. The lowest BCUT2D eigenvalue weighted by Crippen LogP contribution is -2.01. The third-order valence-corrected chi connectivity index (χ3v) is 2.98. The predicted molar refractivity (Wildman–Crippen MR) is 82.3 cm³/mol. The summed E-state index contributed by atoms with van der Waals surface area (Å²) in [4.78, 5) is 25.9. The molecule has 0 atom stereocenters. The van der Waals surface area contributed by atoms with Gasteiger partial charge in [-0.15, -0.1) is 0 Å². The zero-order chi connectivity index (χ0) is 16.2. The van der Waals surface area contributed by atoms with Gasteiger partial charge in [0, 0.05) is 24.3 Å². The Kier molecular flexibility index (Phi) is 3.84. The van der Waals surface area contributed by atoms with Crippen molar-refractivity contribution in [2.24, 2.45) is 4.99 Å². The van der Waals surface area contributed by atoms with E-state index in [4.69, 9.17) is 9.15 Å². The van der Waals surface area contributed by atoms with Crippen LogP contribution in [0.5, 0.6) is 0 Å². The van der Waals surface area contributed by atoms with Crippen molar-refractivity contribution < 1.29 is 18.9 Å². The number of esters is 1. The summed E-state index contributed by atoms with van der Waals surface area (Å²) in [7, 11) is 0. The van der Waals surface area contributed by atoms with Crippen molar-refractivity contribution in [3.8, 4) is 0 Å². The van der Waals surface area contributed by atoms with Crippen molar-refractivity contribution in [3.63, 3.8) is 0 Å². The first-order chi connectivity index (χ1) is 11.1. The molecular formula is C16H10N2O5. The summed E-state index contributed by atoms with van der Waals surface area (Å²) in [5.74, 6) is 0.0807. The number of furan rings is 1. The van der Waals surface area contributed by atoms with Gasteiger partial charge in [0.1, 0.15) is 5.76 Å². The van der Waals surface area contributed by atoms with Gasteiger partial charge in [-0.1, -0.05) is 0 Å². The first-order valence-electron chi connectivity index (χ1n) is 6.60. The molecule has 7 nitrogen and oxygen atoms in total. The predicted octanol–water partition coefficient (Wildman–Crippen LogP) is 3.20. The molecule has 3 rings (SSSR count). The molecular weight excluding hydrogens is 300 g/mol. The Morgan fingerprint density at radius 2 is 1.91 bits per heavy atom. The van der Waals surface area contributed by atoms with Gasteiger partial charge >= 0.3 is 5.97 Å². The maximum absolute atomic E-state index is 11.7. The summed E-state index contributed by atoms with van der Waals surface area (Å²) in [6, 6.07) is 9.36. The van der Waals surface area contributed by atoms with E-state index in [-0.39, 0.29) is 17.3 Å². The summed E-state index contributed by atoms with van der Waals surface area (Å²) < 4.78 is 10.1. The Morgan fingerprint density at radius 1 is 1.13 bits per heavy atom. The van der Waals surface area contributed by atoms with Gasteiger partial charge in [0.2, 0.25) is 5.90 Å². The van der Waals surface area contributed by atoms with E-state index in [2.05, 4.69) is 4.99 Å². The molecule has 7 heteroatoms. The van der Waals surface area contributed by atoms with Gasteiger partial charge < -0.3 is 9.15 Å². The summed E-state index contributed by atoms with van der Waals surface area (Å²) in [5, 5.41) is 10.6. The van der Waals surface area contributed by atoms with Crippen LogP contribution in [0, 0.1) is 10.1 Å². The topological polar surface area (TPSA) is 94.9 Å². The minimum absolute atomic E-state index is 0.00968. The quantitative estimate of drug-likeness (QED) is 0.374. The van der Waals surface area contributed by atoms with Crippen LogP contribution in [0.15, 0.2) is 63.8 Å². The zero-order valence-corrected chi connectivity index (χ0v) is 11.7. The fraction of sp³-hybridized carbons (Fsp3) is 0. The first kappa shape index (κ1) is 14.5. The second-order valence-electron chi connectivity index (χ2n) is 4.57. The molecule has 1 aromatic heterocycles. The molecule has 0 saturated carbocycles. The lowest BCUT2D eigenvalue weighted by Gasteiger charge is -1.94. The van der Waals surface area contributed by atoms with Gasteiger partial charge in [0.15, 0.2) is 5.70 Å². The van der Waals surface area contributed by atoms with E-state index in [1.165, 1.54) is 30.5 Å². The number of hydrogen-bond donors (Lipinski definition) is 0. The highest BCUT2D eigenvalue weighted by Crippen LogP contribution is 2.17. The van der Waals surface area contributed by atoms with Crippen LogP contribution in [0.1, 0.15) is 11.3 Å². The van der Waals surface area contributed by atoms with Gasteiger partial charge in [0.05, 0.1) is 11.2 Å². The van der Waals surface area contributed by atoms with E-state index >= 15 is 0 Å². The van der Waals surface area contributed by atoms with Gasteiger partial charge in [-0.3, -0.25) is 10.1 Å². The van der Waals surface area contributed by atoms with Crippen molar-refractivity contribution in [2.75, 3.05) is 0 Å². The van der Waals surface area contributed by atoms with Crippen LogP contribution < -0.4 is 0 Å². The van der Waals surface area contributed by atoms with E-state index in [1.54, 1.807) is 30.3 Å². The van der Waals surface area contributed by atoms with Crippen molar-refractivity contribution in [1.29, 1.82) is 0 Å². The van der Waals surface area contributed by atoms with Gasteiger partial charge in [-0.2, -0.15) is 0 Å². The number of hydrogen-bond acceptors (Lipinski definition) is 6. The molecule has 0 saturated heterocycles. The van der Waals surface area contributed by atoms with E-state index in [9.17, 15) is 14.9 Å². The molecule has 1 aromatic carbocycles. The lowest BCUT2D eigenvalue weighted by molar-refractivity contribution is -0.384. The molecule has 0 aliphatic carbocycles. The summed E-state index contributed by atoms with van der Waals surface area (Å²) in [5.41, 5.74) is 0.872. The molecule has 0 bridgehead atoms. The molecule has 114 valence electrons. The number of nitro benzene ring substituents is 1. The number of ether oxygens (including phenoxy) is 1. The van der Waals surface area contributed by atoms with E-state index in [0.29, 0.717) is 5.76 Å². The Morgan fingerprint density at radius 3 is 2.57 bits per heavy atom. The number of non-ortho nitro benzene ring substituents is 1. The Balaban J connectivity index is 1.75. The monoisotopic (exact) mass is 310 g/mol. The first-order valence-corrected chi connectivity index (χ1v) is 6.60. The van der Waals surface area contributed by atoms with Crippen LogP contribution in [0.2, 0.25) is 0 Å². The SMILES string of the molecule is O=C1OC(C=Cc2ccc([N+](=O)[O-])cc2)=NC1=Cc1ccco1. The highest BCUT2D eigenvalue weighted by Gasteiger charge is 2.21. The minimum atomic E-state index is -0.565. The van der Waals surface area contributed by atoms with Crippen LogP contribution in [0.3, 0.4) is 0 Å². The summed E-state index contributed by atoms with van der Waals surface area (Å²) in [6.45, 7) is 0. The molecule has 23 heavy (non-hydrogen) atoms. The summed E-state index contributed by atoms with van der Waals surface area (Å²) >= 11 is 0. The standard InChI is InChI=1S/C16H10N2O5/c19-16-14(10-13-2-1-9-22-13)17-15(23-16)8-5-11-3-6-12(7-4-11)18(20)21/h1-10H. The lowest BCUT2D eigenvalue weighted by atomic mass is 10.2. The Labute approximate surface area is 130 Å². The zero-order valence-electron chi connectivity index (χ0n) is 11.7. The van der Waals surface area contributed by atoms with Crippen LogP contribution in [0.25, 0.3) is 12.2 Å². The number of carbonyl (C=O) groups is 1. The minimum Gasteiger partial charge on any atom is -0.465 e. The van der Waals surface area contributed by atoms with Crippen molar-refractivity contribution in [3.05, 3.63) is 75.9 Å². The van der Waals surface area contributed by atoms with E-state index < -0.39 is 10.9 Å². The number of aliphatic imine (C=N–C) groups is 1. The van der Waals surface area contributed by atoms with Gasteiger partial charge in [0.25, 0.3) is 5.69 Å². The van der Waals surface area contributed by atoms with Gasteiger partial charge in [-0.05, 0) is 35.9 Å². The van der Waals surface area contributed by atoms with Crippen LogP contribution in [-0.4, -0.2) is 16.8 Å². The molecule has 2 aromatic rings. The Bertz CT molecular complexity index is 830. The third kappa shape index (κ3) is 3.41. The van der Waals surface area contributed by atoms with Crippen molar-refractivity contribution >= 4 is 29.7 Å².